The average Bonchev–Trinajstić information content (AvgIpc) is 3.17. The number of aliphatic hydroxyl groups is 1. The second-order valence-corrected chi connectivity index (χ2v) is 10.4. The molecule has 0 bridgehead atoms. The molecule has 0 aromatic heterocycles. The van der Waals surface area contributed by atoms with Crippen molar-refractivity contribution >= 4 is 5.78 Å². The van der Waals surface area contributed by atoms with E-state index in [4.69, 9.17) is 14.2 Å². The van der Waals surface area contributed by atoms with Gasteiger partial charge in [0.2, 0.25) is 0 Å². The van der Waals surface area contributed by atoms with Gasteiger partial charge in [0.15, 0.2) is 12.1 Å². The summed E-state index contributed by atoms with van der Waals surface area (Å²) in [4.78, 5) is 13.2. The van der Waals surface area contributed by atoms with Crippen molar-refractivity contribution in [1.29, 1.82) is 0 Å². The van der Waals surface area contributed by atoms with Gasteiger partial charge in [-0.25, -0.2) is 0 Å². The third-order valence-electron chi connectivity index (χ3n) is 8.46. The molecule has 2 aliphatic carbocycles. The highest BCUT2D eigenvalue weighted by atomic mass is 16.7. The van der Waals surface area contributed by atoms with Crippen molar-refractivity contribution in [3.63, 3.8) is 0 Å². The Morgan fingerprint density at radius 2 is 1.93 bits per heavy atom. The molecule has 7 atom stereocenters. The van der Waals surface area contributed by atoms with Gasteiger partial charge in [0.1, 0.15) is 6.10 Å². The van der Waals surface area contributed by atoms with Crippen LogP contribution in [0.2, 0.25) is 0 Å². The van der Waals surface area contributed by atoms with Gasteiger partial charge in [-0.2, -0.15) is 0 Å². The van der Waals surface area contributed by atoms with E-state index in [0.29, 0.717) is 13.2 Å². The van der Waals surface area contributed by atoms with Crippen molar-refractivity contribution in [3.05, 3.63) is 0 Å². The Labute approximate surface area is 163 Å². The zero-order chi connectivity index (χ0) is 19.7. The van der Waals surface area contributed by atoms with Crippen molar-refractivity contribution in [2.75, 3.05) is 13.2 Å². The predicted molar refractivity (Wildman–Crippen MR) is 101 cm³/mol. The number of ether oxygens (including phenoxy) is 3. The van der Waals surface area contributed by atoms with E-state index in [1.807, 2.05) is 13.8 Å². The molecule has 4 rings (SSSR count). The summed E-state index contributed by atoms with van der Waals surface area (Å²) in [7, 11) is 0. The number of Topliss-reactive ketones (excluding diaryl/α,β-unsaturated/α-hetero) is 1. The van der Waals surface area contributed by atoms with E-state index in [2.05, 4.69) is 20.8 Å². The lowest BCUT2D eigenvalue weighted by Gasteiger charge is -2.63. The lowest BCUT2D eigenvalue weighted by Crippen LogP contribution is -2.69. The van der Waals surface area contributed by atoms with Gasteiger partial charge in [-0.3, -0.25) is 4.79 Å². The number of carbonyl (C=O) groups is 1. The molecule has 0 aromatic rings. The van der Waals surface area contributed by atoms with Crippen LogP contribution < -0.4 is 0 Å². The van der Waals surface area contributed by atoms with Crippen LogP contribution in [0.4, 0.5) is 0 Å². The highest BCUT2D eigenvalue weighted by Gasteiger charge is 2.72. The van der Waals surface area contributed by atoms with Crippen LogP contribution in [0, 0.1) is 22.7 Å². The smallest absolute Gasteiger partial charge is 0.165 e. The molecule has 0 radical (unpaired) electrons. The van der Waals surface area contributed by atoms with E-state index < -0.39 is 11.7 Å². The topological polar surface area (TPSA) is 65.0 Å². The predicted octanol–water partition coefficient (Wildman–Crippen LogP) is 3.47. The van der Waals surface area contributed by atoms with Crippen molar-refractivity contribution in [2.45, 2.75) is 96.7 Å². The Balaban J connectivity index is 1.72. The molecule has 0 aromatic carbocycles. The van der Waals surface area contributed by atoms with E-state index in [9.17, 15) is 9.90 Å². The molecule has 1 N–H and O–H groups in total. The number of ketones is 1. The maximum absolute atomic E-state index is 13.2. The average molecular weight is 381 g/mol. The third-order valence-corrected chi connectivity index (χ3v) is 8.46. The van der Waals surface area contributed by atoms with Gasteiger partial charge >= 0.3 is 0 Å². The first-order valence-corrected chi connectivity index (χ1v) is 10.8. The molecule has 4 fully saturated rings. The van der Waals surface area contributed by atoms with Crippen molar-refractivity contribution in [3.8, 4) is 0 Å². The number of fused-ring (bicyclic) bond motifs is 2. The van der Waals surface area contributed by atoms with Crippen LogP contribution in [-0.4, -0.2) is 47.7 Å². The summed E-state index contributed by atoms with van der Waals surface area (Å²) in [6.45, 7) is 11.8. The van der Waals surface area contributed by atoms with Crippen molar-refractivity contribution in [2.24, 2.45) is 22.7 Å². The molecule has 2 saturated heterocycles. The van der Waals surface area contributed by atoms with Gasteiger partial charge in [0, 0.05) is 30.3 Å². The second kappa shape index (κ2) is 6.25. The van der Waals surface area contributed by atoms with Crippen LogP contribution in [0.1, 0.15) is 73.1 Å². The summed E-state index contributed by atoms with van der Waals surface area (Å²) in [5.41, 5.74) is -1.19. The van der Waals surface area contributed by atoms with E-state index in [0.717, 1.165) is 38.5 Å². The highest BCUT2D eigenvalue weighted by Crippen LogP contribution is 2.67. The van der Waals surface area contributed by atoms with Crippen LogP contribution in [-0.2, 0) is 19.0 Å². The molecule has 0 amide bonds. The van der Waals surface area contributed by atoms with Crippen LogP contribution in [0.3, 0.4) is 0 Å². The molecular weight excluding hydrogens is 344 g/mol. The van der Waals surface area contributed by atoms with Crippen molar-refractivity contribution in [1.82, 2.24) is 0 Å². The van der Waals surface area contributed by atoms with Crippen LogP contribution in [0.25, 0.3) is 0 Å². The second-order valence-electron chi connectivity index (χ2n) is 10.4. The summed E-state index contributed by atoms with van der Waals surface area (Å²) in [6, 6.07) is 0. The van der Waals surface area contributed by atoms with E-state index in [1.54, 1.807) is 0 Å². The Bertz CT molecular complexity index is 618. The molecule has 2 spiro atoms. The van der Waals surface area contributed by atoms with Crippen molar-refractivity contribution < 1.29 is 24.1 Å². The largest absolute Gasteiger partial charge is 0.385 e. The normalized spacial score (nSPS) is 51.9. The van der Waals surface area contributed by atoms with Crippen LogP contribution in [0.15, 0.2) is 0 Å². The molecular formula is C22H36O5. The fourth-order valence-electron chi connectivity index (χ4n) is 7.24. The first-order chi connectivity index (χ1) is 12.6. The summed E-state index contributed by atoms with van der Waals surface area (Å²) in [6.07, 6.45) is 4.49. The molecule has 2 heterocycles. The van der Waals surface area contributed by atoms with Crippen LogP contribution >= 0.6 is 0 Å². The van der Waals surface area contributed by atoms with Gasteiger partial charge in [-0.15, -0.1) is 0 Å². The van der Waals surface area contributed by atoms with E-state index >= 15 is 0 Å². The molecule has 2 saturated carbocycles. The van der Waals surface area contributed by atoms with Gasteiger partial charge in [-0.1, -0.05) is 34.1 Å². The van der Waals surface area contributed by atoms with E-state index in [-0.39, 0.29) is 40.3 Å². The maximum Gasteiger partial charge on any atom is 0.165 e. The summed E-state index contributed by atoms with van der Waals surface area (Å²) in [5.74, 6) is -0.337. The first-order valence-electron chi connectivity index (χ1n) is 10.8. The lowest BCUT2D eigenvalue weighted by atomic mass is 9.43. The molecule has 27 heavy (non-hydrogen) atoms. The lowest BCUT2D eigenvalue weighted by molar-refractivity contribution is -0.255. The Kier molecular flexibility index (Phi) is 4.59. The third kappa shape index (κ3) is 2.61. The summed E-state index contributed by atoms with van der Waals surface area (Å²) < 4.78 is 18.6. The summed E-state index contributed by atoms with van der Waals surface area (Å²) >= 11 is 0. The van der Waals surface area contributed by atoms with E-state index in [1.165, 1.54) is 0 Å². The number of aliphatic hydroxyl groups excluding tert-OH is 1. The fraction of sp³-hybridized carbons (Fsp3) is 0.955. The zero-order valence-electron chi connectivity index (χ0n) is 17.5. The number of hydrogen-bond acceptors (Lipinski definition) is 5. The SMILES string of the molecule is CCO[C@@H]1C[C@@]2(CC[C@@]3(O2)[C@H](C)[C@@H](O)C(=O)[C@H]2C(C)(C)CCC[C@@]23C)CO1. The minimum absolute atomic E-state index is 0.0275. The van der Waals surface area contributed by atoms with Crippen LogP contribution in [0.5, 0.6) is 0 Å². The quantitative estimate of drug-likeness (QED) is 0.795. The summed E-state index contributed by atoms with van der Waals surface area (Å²) in [5, 5.41) is 10.9. The number of hydrogen-bond donors (Lipinski definition) is 1. The Morgan fingerprint density at radius 3 is 2.63 bits per heavy atom. The monoisotopic (exact) mass is 380 g/mol. The molecule has 154 valence electrons. The first kappa shape index (κ1) is 19.8. The minimum atomic E-state index is -0.944. The fourth-order valence-corrected chi connectivity index (χ4v) is 7.24. The van der Waals surface area contributed by atoms with Gasteiger partial charge in [0.25, 0.3) is 0 Å². The minimum Gasteiger partial charge on any atom is -0.385 e. The molecule has 5 heteroatoms. The van der Waals surface area contributed by atoms with Gasteiger partial charge in [0.05, 0.1) is 17.8 Å². The molecule has 5 nitrogen and oxygen atoms in total. The zero-order valence-corrected chi connectivity index (χ0v) is 17.5. The van der Waals surface area contributed by atoms with Gasteiger partial charge < -0.3 is 19.3 Å². The Hall–Kier alpha value is -0.490. The highest BCUT2D eigenvalue weighted by molar-refractivity contribution is 5.88. The molecule has 2 aliphatic heterocycles. The number of carbonyl (C=O) groups excluding carboxylic acids is 1. The van der Waals surface area contributed by atoms with Gasteiger partial charge in [-0.05, 0) is 38.0 Å². The number of rotatable bonds is 2. The maximum atomic E-state index is 13.2. The Morgan fingerprint density at radius 1 is 1.19 bits per heavy atom. The standard InChI is InChI=1S/C22H36O5/c1-6-25-15-12-21(13-26-15)10-11-22(27-21)14(2)16(23)17(24)18-19(3,4)8-7-9-20(18,22)5/h14-16,18,23H,6-13H2,1-5H3/t14-,15+,16-,18+,20+,21+,22-/m1/s1. The molecule has 4 aliphatic rings. The molecule has 0 unspecified atom stereocenters.